The molecule has 2 N–H and O–H groups in total. The second-order valence-electron chi connectivity index (χ2n) is 5.54. The maximum atomic E-state index is 12.0. The average molecular weight is 317 g/mol. The van der Waals surface area contributed by atoms with Crippen LogP contribution < -0.4 is 10.2 Å². The van der Waals surface area contributed by atoms with Crippen LogP contribution in [-0.4, -0.2) is 36.4 Å². The summed E-state index contributed by atoms with van der Waals surface area (Å²) in [5, 5.41) is 15.7. The van der Waals surface area contributed by atoms with Gasteiger partial charge >= 0.3 is 0 Å². The normalized spacial score (nSPS) is 10.6. The van der Waals surface area contributed by atoms with Crippen LogP contribution in [0.15, 0.2) is 28.8 Å². The van der Waals surface area contributed by atoms with E-state index in [0.717, 1.165) is 28.4 Å². The van der Waals surface area contributed by atoms with Gasteiger partial charge in [0.25, 0.3) is 0 Å². The van der Waals surface area contributed by atoms with Crippen molar-refractivity contribution < 1.29 is 14.4 Å². The number of nitrogens with zero attached hydrogens (tertiary/aromatic N) is 2. The molecule has 1 aromatic heterocycles. The maximum Gasteiger partial charge on any atom is 0.224 e. The largest absolute Gasteiger partial charge is 0.395 e. The second kappa shape index (κ2) is 7.78. The molecule has 0 aliphatic carbocycles. The van der Waals surface area contributed by atoms with Gasteiger partial charge in [0.05, 0.1) is 12.3 Å². The Kier molecular flexibility index (Phi) is 5.76. The third-order valence-electron chi connectivity index (χ3n) is 3.81. The topological polar surface area (TPSA) is 78.6 Å². The molecule has 6 heteroatoms. The Labute approximate surface area is 136 Å². The number of nitrogens with one attached hydrogen (secondary N) is 1. The van der Waals surface area contributed by atoms with Gasteiger partial charge in [0.2, 0.25) is 5.91 Å². The maximum absolute atomic E-state index is 12.0. The van der Waals surface area contributed by atoms with Gasteiger partial charge in [-0.25, -0.2) is 0 Å². The van der Waals surface area contributed by atoms with Gasteiger partial charge in [-0.2, -0.15) is 0 Å². The summed E-state index contributed by atoms with van der Waals surface area (Å²) in [6.45, 7) is 4.42. The molecule has 124 valence electrons. The number of amides is 1. The average Bonchev–Trinajstić information content (AvgIpc) is 2.85. The highest BCUT2D eigenvalue weighted by Crippen LogP contribution is 2.18. The van der Waals surface area contributed by atoms with Crippen molar-refractivity contribution in [1.29, 1.82) is 0 Å². The lowest BCUT2D eigenvalue weighted by molar-refractivity contribution is -0.116. The number of likely N-dealkylation sites (N-methyl/N-ethyl adjacent to an activating group) is 1. The molecule has 0 spiro atoms. The van der Waals surface area contributed by atoms with Gasteiger partial charge in [0.1, 0.15) is 5.76 Å². The van der Waals surface area contributed by atoms with Gasteiger partial charge in [-0.05, 0) is 44.5 Å². The SMILES string of the molecule is Cc1noc(C)c1CCC(=O)Nc1ccc(N(C)CCO)cc1. The highest BCUT2D eigenvalue weighted by Gasteiger charge is 2.11. The first-order valence-electron chi connectivity index (χ1n) is 7.65. The number of carbonyl (C=O) groups excluding carboxylic acids is 1. The fraction of sp³-hybridized carbons (Fsp3) is 0.412. The molecule has 0 atom stereocenters. The molecule has 1 heterocycles. The van der Waals surface area contributed by atoms with Gasteiger partial charge in [-0.3, -0.25) is 4.79 Å². The summed E-state index contributed by atoms with van der Waals surface area (Å²) in [4.78, 5) is 14.0. The number of hydrogen-bond acceptors (Lipinski definition) is 5. The first-order valence-corrected chi connectivity index (χ1v) is 7.65. The van der Waals surface area contributed by atoms with Gasteiger partial charge in [-0.15, -0.1) is 0 Å². The second-order valence-corrected chi connectivity index (χ2v) is 5.54. The zero-order valence-electron chi connectivity index (χ0n) is 13.8. The van der Waals surface area contributed by atoms with Crippen LogP contribution in [0.5, 0.6) is 0 Å². The molecule has 0 aliphatic rings. The minimum Gasteiger partial charge on any atom is -0.395 e. The van der Waals surface area contributed by atoms with Crippen LogP contribution in [0.4, 0.5) is 11.4 Å². The van der Waals surface area contributed by atoms with Crippen LogP contribution in [0.1, 0.15) is 23.4 Å². The first kappa shape index (κ1) is 17.0. The van der Waals surface area contributed by atoms with Crippen molar-refractivity contribution in [3.8, 4) is 0 Å². The molecule has 2 aromatic rings. The molecule has 0 radical (unpaired) electrons. The Bertz CT molecular complexity index is 630. The van der Waals surface area contributed by atoms with Gasteiger partial charge in [0.15, 0.2) is 0 Å². The van der Waals surface area contributed by atoms with Crippen molar-refractivity contribution in [2.24, 2.45) is 0 Å². The zero-order chi connectivity index (χ0) is 16.8. The summed E-state index contributed by atoms with van der Waals surface area (Å²) in [7, 11) is 1.91. The lowest BCUT2D eigenvalue weighted by Crippen LogP contribution is -2.21. The molecular formula is C17H23N3O3. The first-order chi connectivity index (χ1) is 11.0. The number of hydrogen-bond donors (Lipinski definition) is 2. The summed E-state index contributed by atoms with van der Waals surface area (Å²) in [6.07, 6.45) is 0.999. The molecule has 0 unspecified atom stereocenters. The lowest BCUT2D eigenvalue weighted by atomic mass is 10.1. The van der Waals surface area contributed by atoms with Crippen molar-refractivity contribution in [3.05, 3.63) is 41.3 Å². The standard InChI is InChI=1S/C17H23N3O3/c1-12-16(13(2)23-19-12)8-9-17(22)18-14-4-6-15(7-5-14)20(3)10-11-21/h4-7,21H,8-11H2,1-3H3,(H,18,22). The number of aryl methyl sites for hydroxylation is 2. The Morgan fingerprint density at radius 3 is 2.57 bits per heavy atom. The van der Waals surface area contributed by atoms with E-state index in [-0.39, 0.29) is 12.5 Å². The zero-order valence-corrected chi connectivity index (χ0v) is 13.8. The minimum atomic E-state index is -0.0403. The summed E-state index contributed by atoms with van der Waals surface area (Å²) in [6, 6.07) is 7.55. The Balaban J connectivity index is 1.88. The van der Waals surface area contributed by atoms with Crippen molar-refractivity contribution in [2.75, 3.05) is 30.4 Å². The molecular weight excluding hydrogens is 294 g/mol. The Morgan fingerprint density at radius 1 is 1.30 bits per heavy atom. The lowest BCUT2D eigenvalue weighted by Gasteiger charge is -2.18. The van der Waals surface area contributed by atoms with E-state index in [1.165, 1.54) is 0 Å². The minimum absolute atomic E-state index is 0.0403. The number of benzene rings is 1. The van der Waals surface area contributed by atoms with E-state index in [0.29, 0.717) is 19.4 Å². The van der Waals surface area contributed by atoms with E-state index in [1.807, 2.05) is 50.1 Å². The molecule has 2 rings (SSSR count). The van der Waals surface area contributed by atoms with E-state index in [9.17, 15) is 4.79 Å². The Hall–Kier alpha value is -2.34. The fourth-order valence-electron chi connectivity index (χ4n) is 2.40. The number of aliphatic hydroxyl groups is 1. The smallest absolute Gasteiger partial charge is 0.224 e. The fourth-order valence-corrected chi connectivity index (χ4v) is 2.40. The van der Waals surface area contributed by atoms with Crippen molar-refractivity contribution in [2.45, 2.75) is 26.7 Å². The number of anilines is 2. The van der Waals surface area contributed by atoms with Crippen molar-refractivity contribution in [1.82, 2.24) is 5.16 Å². The number of carbonyl (C=O) groups is 1. The molecule has 23 heavy (non-hydrogen) atoms. The third kappa shape index (κ3) is 4.56. The monoisotopic (exact) mass is 317 g/mol. The summed E-state index contributed by atoms with van der Waals surface area (Å²) in [5.41, 5.74) is 3.59. The number of rotatable bonds is 7. The predicted octanol–water partition coefficient (Wildman–Crippen LogP) is 2.29. The van der Waals surface area contributed by atoms with E-state index in [1.54, 1.807) is 0 Å². The molecule has 0 bridgehead atoms. The Morgan fingerprint density at radius 2 is 2.00 bits per heavy atom. The van der Waals surface area contributed by atoms with Gasteiger partial charge in [-0.1, -0.05) is 5.16 Å². The number of aliphatic hydroxyl groups excluding tert-OH is 1. The third-order valence-corrected chi connectivity index (χ3v) is 3.81. The molecule has 0 saturated heterocycles. The van der Waals surface area contributed by atoms with Crippen molar-refractivity contribution >= 4 is 17.3 Å². The van der Waals surface area contributed by atoms with Crippen molar-refractivity contribution in [3.63, 3.8) is 0 Å². The van der Waals surface area contributed by atoms with Gasteiger partial charge in [0, 0.05) is 37.0 Å². The van der Waals surface area contributed by atoms with E-state index >= 15 is 0 Å². The van der Waals surface area contributed by atoms with Gasteiger partial charge < -0.3 is 19.8 Å². The summed E-state index contributed by atoms with van der Waals surface area (Å²) >= 11 is 0. The molecule has 1 aromatic carbocycles. The molecule has 0 aliphatic heterocycles. The summed E-state index contributed by atoms with van der Waals surface area (Å²) < 4.78 is 5.10. The molecule has 6 nitrogen and oxygen atoms in total. The van der Waals surface area contributed by atoms with E-state index in [2.05, 4.69) is 10.5 Å². The van der Waals surface area contributed by atoms with Crippen LogP contribution in [0.2, 0.25) is 0 Å². The van der Waals surface area contributed by atoms with E-state index < -0.39 is 0 Å². The highest BCUT2D eigenvalue weighted by atomic mass is 16.5. The van der Waals surface area contributed by atoms with Crippen LogP contribution >= 0.6 is 0 Å². The van der Waals surface area contributed by atoms with Crippen LogP contribution in [0, 0.1) is 13.8 Å². The molecule has 1 amide bonds. The highest BCUT2D eigenvalue weighted by molar-refractivity contribution is 5.91. The predicted molar refractivity (Wildman–Crippen MR) is 89.7 cm³/mol. The van der Waals surface area contributed by atoms with Crippen LogP contribution in [0.3, 0.4) is 0 Å². The van der Waals surface area contributed by atoms with E-state index in [4.69, 9.17) is 9.63 Å². The molecule has 0 saturated carbocycles. The summed E-state index contributed by atoms with van der Waals surface area (Å²) in [5.74, 6) is 0.730. The van der Waals surface area contributed by atoms with Crippen LogP contribution in [-0.2, 0) is 11.2 Å². The number of aromatic nitrogens is 1. The quantitative estimate of drug-likeness (QED) is 0.819. The molecule has 0 fully saturated rings. The van der Waals surface area contributed by atoms with Crippen LogP contribution in [0.25, 0.3) is 0 Å².